The zero-order valence-corrected chi connectivity index (χ0v) is 15.7. The van der Waals surface area contributed by atoms with Crippen molar-refractivity contribution in [3.63, 3.8) is 0 Å². The molecule has 0 heterocycles. The van der Waals surface area contributed by atoms with Crippen molar-refractivity contribution >= 4 is 33.4 Å². The molecule has 0 spiro atoms. The number of amides is 2. The second-order valence-corrected chi connectivity index (χ2v) is 6.22. The van der Waals surface area contributed by atoms with Crippen molar-refractivity contribution in [3.05, 3.63) is 71.0 Å². The molecule has 1 atom stereocenters. The number of hydrogen-bond donors (Lipinski definition) is 2. The molecule has 7 heteroatoms. The maximum absolute atomic E-state index is 13.1. The van der Waals surface area contributed by atoms with Gasteiger partial charge < -0.3 is 15.4 Å². The Labute approximate surface area is 159 Å². The van der Waals surface area contributed by atoms with Crippen molar-refractivity contribution in [1.82, 2.24) is 5.32 Å². The van der Waals surface area contributed by atoms with E-state index >= 15 is 0 Å². The lowest BCUT2D eigenvalue weighted by molar-refractivity contribution is -0.122. The van der Waals surface area contributed by atoms with E-state index in [1.165, 1.54) is 18.2 Å². The van der Waals surface area contributed by atoms with Crippen LogP contribution in [0.3, 0.4) is 0 Å². The third-order valence-electron chi connectivity index (χ3n) is 3.40. The fourth-order valence-electron chi connectivity index (χ4n) is 2.10. The number of ether oxygens (including phenoxy) is 1. The molecular formula is C19H18BrFN2O3. The predicted molar refractivity (Wildman–Crippen MR) is 102 cm³/mol. The van der Waals surface area contributed by atoms with Crippen LogP contribution in [0.5, 0.6) is 5.75 Å². The van der Waals surface area contributed by atoms with Gasteiger partial charge in [0.1, 0.15) is 11.6 Å². The zero-order valence-electron chi connectivity index (χ0n) is 14.1. The molecule has 136 valence electrons. The highest BCUT2D eigenvalue weighted by atomic mass is 79.9. The Morgan fingerprint density at radius 1 is 1.31 bits per heavy atom. The summed E-state index contributed by atoms with van der Waals surface area (Å²) in [5, 5.41) is 5.34. The van der Waals surface area contributed by atoms with Crippen LogP contribution in [0.1, 0.15) is 17.3 Å². The average molecular weight is 421 g/mol. The summed E-state index contributed by atoms with van der Waals surface area (Å²) in [7, 11) is 0. The standard InChI is InChI=1S/C19H18BrFN2O3/c1-3-10-22-19(25)14-6-4-5-7-16(14)23-18(24)12(2)26-17-9-8-13(21)11-15(17)20/h3-9,11-12H,1,10H2,2H3,(H,22,25)(H,23,24). The van der Waals surface area contributed by atoms with Gasteiger partial charge in [0, 0.05) is 6.54 Å². The first-order chi connectivity index (χ1) is 12.4. The largest absolute Gasteiger partial charge is 0.480 e. The second-order valence-electron chi connectivity index (χ2n) is 5.37. The molecular weight excluding hydrogens is 403 g/mol. The summed E-state index contributed by atoms with van der Waals surface area (Å²) in [6.45, 7) is 5.42. The van der Waals surface area contributed by atoms with Crippen LogP contribution >= 0.6 is 15.9 Å². The van der Waals surface area contributed by atoms with Crippen LogP contribution in [0.15, 0.2) is 59.6 Å². The number of rotatable bonds is 7. The Kier molecular flexibility index (Phi) is 6.91. The van der Waals surface area contributed by atoms with Gasteiger partial charge in [0.2, 0.25) is 0 Å². The van der Waals surface area contributed by atoms with Crippen molar-refractivity contribution in [2.45, 2.75) is 13.0 Å². The van der Waals surface area contributed by atoms with Crippen LogP contribution in [-0.4, -0.2) is 24.5 Å². The van der Waals surface area contributed by atoms with Crippen LogP contribution in [0, 0.1) is 5.82 Å². The topological polar surface area (TPSA) is 67.4 Å². The third kappa shape index (κ3) is 5.16. The summed E-state index contributed by atoms with van der Waals surface area (Å²) in [6, 6.07) is 10.6. The summed E-state index contributed by atoms with van der Waals surface area (Å²) < 4.78 is 19.1. The van der Waals surface area contributed by atoms with E-state index in [0.717, 1.165) is 0 Å². The lowest BCUT2D eigenvalue weighted by Gasteiger charge is -2.17. The van der Waals surface area contributed by atoms with Crippen molar-refractivity contribution in [2.75, 3.05) is 11.9 Å². The van der Waals surface area contributed by atoms with Crippen molar-refractivity contribution in [1.29, 1.82) is 0 Å². The SMILES string of the molecule is C=CCNC(=O)c1ccccc1NC(=O)C(C)Oc1ccc(F)cc1Br. The van der Waals surface area contributed by atoms with E-state index in [1.54, 1.807) is 37.3 Å². The first kappa shape index (κ1) is 19.7. The Morgan fingerprint density at radius 2 is 2.04 bits per heavy atom. The van der Waals surface area contributed by atoms with Crippen molar-refractivity contribution in [2.24, 2.45) is 0 Å². The maximum atomic E-state index is 13.1. The highest BCUT2D eigenvalue weighted by Gasteiger charge is 2.19. The molecule has 0 aliphatic rings. The fourth-order valence-corrected chi connectivity index (χ4v) is 2.54. The number of para-hydroxylation sites is 1. The molecule has 2 amide bonds. The summed E-state index contributed by atoms with van der Waals surface area (Å²) in [6.07, 6.45) is 0.705. The molecule has 1 unspecified atom stereocenters. The monoisotopic (exact) mass is 420 g/mol. The Morgan fingerprint density at radius 3 is 2.73 bits per heavy atom. The van der Waals surface area contributed by atoms with Crippen LogP contribution < -0.4 is 15.4 Å². The Bertz CT molecular complexity index is 826. The van der Waals surface area contributed by atoms with E-state index in [0.29, 0.717) is 28.0 Å². The number of carbonyl (C=O) groups excluding carboxylic acids is 2. The van der Waals surface area contributed by atoms with E-state index in [4.69, 9.17) is 4.74 Å². The molecule has 26 heavy (non-hydrogen) atoms. The minimum atomic E-state index is -0.860. The second kappa shape index (κ2) is 9.15. The van der Waals surface area contributed by atoms with Crippen molar-refractivity contribution < 1.29 is 18.7 Å². The third-order valence-corrected chi connectivity index (χ3v) is 4.02. The van der Waals surface area contributed by atoms with Gasteiger partial charge in [-0.15, -0.1) is 6.58 Å². The van der Waals surface area contributed by atoms with Gasteiger partial charge in [-0.1, -0.05) is 18.2 Å². The molecule has 0 radical (unpaired) electrons. The maximum Gasteiger partial charge on any atom is 0.265 e. The molecule has 2 aromatic rings. The molecule has 0 aliphatic carbocycles. The Balaban J connectivity index is 2.09. The van der Waals surface area contributed by atoms with Gasteiger partial charge in [0.05, 0.1) is 15.7 Å². The van der Waals surface area contributed by atoms with Crippen LogP contribution in [0.2, 0.25) is 0 Å². The Hall–Kier alpha value is -2.67. The van der Waals surface area contributed by atoms with Gasteiger partial charge in [-0.2, -0.15) is 0 Å². The van der Waals surface area contributed by atoms with Gasteiger partial charge >= 0.3 is 0 Å². The molecule has 5 nitrogen and oxygen atoms in total. The molecule has 0 aromatic heterocycles. The van der Waals surface area contributed by atoms with E-state index in [-0.39, 0.29) is 5.91 Å². The number of hydrogen-bond acceptors (Lipinski definition) is 3. The smallest absolute Gasteiger partial charge is 0.265 e. The van der Waals surface area contributed by atoms with Crippen molar-refractivity contribution in [3.8, 4) is 5.75 Å². The van der Waals surface area contributed by atoms with Crippen LogP contribution in [0.25, 0.3) is 0 Å². The van der Waals surface area contributed by atoms with E-state index in [1.807, 2.05) is 0 Å². The molecule has 0 saturated carbocycles. The first-order valence-electron chi connectivity index (χ1n) is 7.83. The molecule has 2 N–H and O–H groups in total. The summed E-state index contributed by atoms with van der Waals surface area (Å²) in [4.78, 5) is 24.6. The molecule has 0 bridgehead atoms. The van der Waals surface area contributed by atoms with Gasteiger partial charge in [0.25, 0.3) is 11.8 Å². The van der Waals surface area contributed by atoms with E-state index in [9.17, 15) is 14.0 Å². The lowest BCUT2D eigenvalue weighted by Crippen LogP contribution is -2.32. The number of anilines is 1. The molecule has 0 saturated heterocycles. The van der Waals surface area contributed by atoms with E-state index in [2.05, 4.69) is 33.1 Å². The number of benzene rings is 2. The summed E-state index contributed by atoms with van der Waals surface area (Å²) in [5.41, 5.74) is 0.700. The predicted octanol–water partition coefficient (Wildman–Crippen LogP) is 3.91. The highest BCUT2D eigenvalue weighted by Crippen LogP contribution is 2.26. The normalized spacial score (nSPS) is 11.3. The highest BCUT2D eigenvalue weighted by molar-refractivity contribution is 9.10. The quantitative estimate of drug-likeness (QED) is 0.667. The molecule has 2 aromatic carbocycles. The summed E-state index contributed by atoms with van der Waals surface area (Å²) in [5.74, 6) is -0.840. The minimum absolute atomic E-state index is 0.319. The van der Waals surface area contributed by atoms with Gasteiger partial charge in [0.15, 0.2) is 6.10 Å². The molecule has 0 fully saturated rings. The van der Waals surface area contributed by atoms with Gasteiger partial charge in [-0.05, 0) is 53.2 Å². The van der Waals surface area contributed by atoms with Crippen LogP contribution in [-0.2, 0) is 4.79 Å². The molecule has 2 rings (SSSR count). The molecule has 0 aliphatic heterocycles. The van der Waals surface area contributed by atoms with Gasteiger partial charge in [-0.3, -0.25) is 9.59 Å². The zero-order chi connectivity index (χ0) is 19.1. The number of halogens is 2. The van der Waals surface area contributed by atoms with E-state index < -0.39 is 17.8 Å². The lowest BCUT2D eigenvalue weighted by atomic mass is 10.1. The fraction of sp³-hybridized carbons (Fsp3) is 0.158. The average Bonchev–Trinajstić information content (AvgIpc) is 2.62. The van der Waals surface area contributed by atoms with Crippen LogP contribution in [0.4, 0.5) is 10.1 Å². The minimum Gasteiger partial charge on any atom is -0.480 e. The summed E-state index contributed by atoms with van der Waals surface area (Å²) >= 11 is 3.19. The number of carbonyl (C=O) groups is 2. The number of nitrogens with one attached hydrogen (secondary N) is 2. The van der Waals surface area contributed by atoms with Gasteiger partial charge in [-0.25, -0.2) is 4.39 Å². The first-order valence-corrected chi connectivity index (χ1v) is 8.62.